The molecule has 0 aliphatic carbocycles. The number of carbonyl (C=O) groups is 1. The van der Waals surface area contributed by atoms with Crippen LogP contribution in [0.1, 0.15) is 13.8 Å². The fraction of sp³-hybridized carbons (Fsp3) is 0.500. The molecule has 0 spiro atoms. The fourth-order valence-corrected chi connectivity index (χ4v) is 1.88. The molecule has 1 atom stereocenters. The summed E-state index contributed by atoms with van der Waals surface area (Å²) >= 11 is 0. The van der Waals surface area contributed by atoms with Gasteiger partial charge in [0, 0.05) is 12.8 Å². The number of hydrogen-bond donors (Lipinski definition) is 1. The molecule has 0 aromatic heterocycles. The first-order valence-corrected chi connectivity index (χ1v) is 5.97. The molecule has 0 heterocycles. The Morgan fingerprint density at radius 3 is 2.33 bits per heavy atom. The number of rotatable bonds is 6. The lowest BCUT2D eigenvalue weighted by Crippen LogP contribution is -2.55. The second-order valence-electron chi connectivity index (χ2n) is 4.54. The molecule has 1 aromatic rings. The molecule has 0 amide bonds. The van der Waals surface area contributed by atoms with Crippen molar-refractivity contribution in [2.45, 2.75) is 19.4 Å². The second-order valence-corrected chi connectivity index (χ2v) is 4.54. The summed E-state index contributed by atoms with van der Waals surface area (Å²) in [4.78, 5) is 12.1. The first-order valence-electron chi connectivity index (χ1n) is 5.97. The summed E-state index contributed by atoms with van der Waals surface area (Å²) in [6.45, 7) is 4.18. The summed E-state index contributed by atoms with van der Waals surface area (Å²) in [5, 5.41) is 3.24. The first kappa shape index (κ1) is 14.5. The maximum atomic E-state index is 12.1. The molecule has 0 bridgehead atoms. The molecule has 0 aliphatic heterocycles. The van der Waals surface area contributed by atoms with Crippen LogP contribution in [0.3, 0.4) is 0 Å². The van der Waals surface area contributed by atoms with Crippen molar-refractivity contribution in [3.05, 3.63) is 30.3 Å². The van der Waals surface area contributed by atoms with Crippen LogP contribution < -0.4 is 5.32 Å². The van der Waals surface area contributed by atoms with Crippen LogP contribution in [0, 0.1) is 5.92 Å². The zero-order chi connectivity index (χ0) is 13.6. The van der Waals surface area contributed by atoms with Gasteiger partial charge in [-0.2, -0.15) is 0 Å². The number of carbonyl (C=O) groups excluding carboxylic acids is 1. The number of nitrogens with one attached hydrogen (secondary N) is 1. The van der Waals surface area contributed by atoms with Gasteiger partial charge in [0.2, 0.25) is 0 Å². The third-order valence-corrected chi connectivity index (χ3v) is 3.05. The number of para-hydroxylation sites is 1. The van der Waals surface area contributed by atoms with E-state index in [0.29, 0.717) is 0 Å². The van der Waals surface area contributed by atoms with Gasteiger partial charge in [0.15, 0.2) is 5.54 Å². The molecule has 0 fully saturated rings. The largest absolute Gasteiger partial charge is 0.467 e. The van der Waals surface area contributed by atoms with E-state index in [4.69, 9.17) is 9.47 Å². The molecule has 18 heavy (non-hydrogen) atoms. The number of esters is 1. The highest BCUT2D eigenvalue weighted by molar-refractivity contribution is 5.85. The average Bonchev–Trinajstić information content (AvgIpc) is 2.38. The molecule has 4 nitrogen and oxygen atoms in total. The normalized spacial score (nSPS) is 14.1. The number of anilines is 1. The van der Waals surface area contributed by atoms with Crippen molar-refractivity contribution in [3.63, 3.8) is 0 Å². The lowest BCUT2D eigenvalue weighted by molar-refractivity contribution is -0.150. The summed E-state index contributed by atoms with van der Waals surface area (Å²) in [6, 6.07) is 9.58. The number of ether oxygens (including phenoxy) is 2. The monoisotopic (exact) mass is 251 g/mol. The average molecular weight is 251 g/mol. The van der Waals surface area contributed by atoms with Gasteiger partial charge in [0.1, 0.15) is 0 Å². The third kappa shape index (κ3) is 3.01. The SMILES string of the molecule is COCC(Nc1ccccc1)(C(=O)OC)C(C)C. The van der Waals surface area contributed by atoms with E-state index in [-0.39, 0.29) is 18.5 Å². The highest BCUT2D eigenvalue weighted by Gasteiger charge is 2.43. The lowest BCUT2D eigenvalue weighted by atomic mass is 9.86. The Balaban J connectivity index is 3.06. The first-order chi connectivity index (χ1) is 8.56. The van der Waals surface area contributed by atoms with E-state index in [9.17, 15) is 4.79 Å². The predicted molar refractivity (Wildman–Crippen MR) is 71.5 cm³/mol. The van der Waals surface area contributed by atoms with Gasteiger partial charge in [-0.1, -0.05) is 32.0 Å². The van der Waals surface area contributed by atoms with Gasteiger partial charge < -0.3 is 14.8 Å². The van der Waals surface area contributed by atoms with E-state index in [1.807, 2.05) is 44.2 Å². The minimum Gasteiger partial charge on any atom is -0.467 e. The van der Waals surface area contributed by atoms with Crippen molar-refractivity contribution >= 4 is 11.7 Å². The van der Waals surface area contributed by atoms with E-state index < -0.39 is 5.54 Å². The molecule has 1 rings (SSSR count). The zero-order valence-corrected chi connectivity index (χ0v) is 11.4. The summed E-state index contributed by atoms with van der Waals surface area (Å²) in [5.74, 6) is -0.284. The van der Waals surface area contributed by atoms with E-state index in [0.717, 1.165) is 5.69 Å². The molecule has 100 valence electrons. The number of hydrogen-bond acceptors (Lipinski definition) is 4. The number of methoxy groups -OCH3 is 2. The van der Waals surface area contributed by atoms with Gasteiger partial charge in [-0.25, -0.2) is 4.79 Å². The summed E-state index contributed by atoms with van der Waals surface area (Å²) in [7, 11) is 2.97. The van der Waals surface area contributed by atoms with Crippen molar-refractivity contribution in [1.29, 1.82) is 0 Å². The highest BCUT2D eigenvalue weighted by atomic mass is 16.5. The maximum absolute atomic E-state index is 12.1. The minimum absolute atomic E-state index is 0.0325. The van der Waals surface area contributed by atoms with E-state index in [1.165, 1.54) is 7.11 Å². The van der Waals surface area contributed by atoms with E-state index in [2.05, 4.69) is 5.32 Å². The van der Waals surface area contributed by atoms with Crippen molar-refractivity contribution in [1.82, 2.24) is 0 Å². The predicted octanol–water partition coefficient (Wildman–Crippen LogP) is 2.31. The van der Waals surface area contributed by atoms with Gasteiger partial charge >= 0.3 is 5.97 Å². The standard InChI is InChI=1S/C14H21NO3/c1-11(2)14(10-17-3,13(16)18-4)15-12-8-6-5-7-9-12/h5-9,11,15H,10H2,1-4H3. The summed E-state index contributed by atoms with van der Waals surface area (Å²) in [5.41, 5.74) is -0.00106. The van der Waals surface area contributed by atoms with Gasteiger partial charge in [-0.15, -0.1) is 0 Å². The van der Waals surface area contributed by atoms with Crippen LogP contribution in [-0.2, 0) is 14.3 Å². The van der Waals surface area contributed by atoms with Crippen molar-refractivity contribution < 1.29 is 14.3 Å². The van der Waals surface area contributed by atoms with Crippen LogP contribution in [-0.4, -0.2) is 32.3 Å². The summed E-state index contributed by atoms with van der Waals surface area (Å²) < 4.78 is 10.1. The molecule has 0 radical (unpaired) electrons. The Bertz CT molecular complexity index is 378. The lowest BCUT2D eigenvalue weighted by Gasteiger charge is -2.35. The Morgan fingerprint density at radius 1 is 1.28 bits per heavy atom. The zero-order valence-electron chi connectivity index (χ0n) is 11.4. The molecule has 1 N–H and O–H groups in total. The smallest absolute Gasteiger partial charge is 0.334 e. The van der Waals surface area contributed by atoms with Crippen LogP contribution in [0.15, 0.2) is 30.3 Å². The molecule has 4 heteroatoms. The van der Waals surface area contributed by atoms with Gasteiger partial charge in [-0.05, 0) is 18.1 Å². The Hall–Kier alpha value is -1.55. The minimum atomic E-state index is -0.870. The Labute approximate surface area is 108 Å². The summed E-state index contributed by atoms with van der Waals surface area (Å²) in [6.07, 6.45) is 0. The van der Waals surface area contributed by atoms with Gasteiger partial charge in [0.25, 0.3) is 0 Å². The highest BCUT2D eigenvalue weighted by Crippen LogP contribution is 2.25. The maximum Gasteiger partial charge on any atom is 0.334 e. The Morgan fingerprint density at radius 2 is 1.89 bits per heavy atom. The van der Waals surface area contributed by atoms with Crippen LogP contribution in [0.25, 0.3) is 0 Å². The van der Waals surface area contributed by atoms with Crippen LogP contribution in [0.5, 0.6) is 0 Å². The van der Waals surface area contributed by atoms with Crippen molar-refractivity contribution in [2.75, 3.05) is 26.1 Å². The van der Waals surface area contributed by atoms with Crippen LogP contribution in [0.2, 0.25) is 0 Å². The third-order valence-electron chi connectivity index (χ3n) is 3.05. The quantitative estimate of drug-likeness (QED) is 0.788. The molecule has 0 saturated heterocycles. The molecule has 0 saturated carbocycles. The van der Waals surface area contributed by atoms with E-state index >= 15 is 0 Å². The van der Waals surface area contributed by atoms with Crippen LogP contribution >= 0.6 is 0 Å². The molecular formula is C14H21NO3. The van der Waals surface area contributed by atoms with Crippen molar-refractivity contribution in [2.24, 2.45) is 5.92 Å². The van der Waals surface area contributed by atoms with Crippen molar-refractivity contribution in [3.8, 4) is 0 Å². The number of benzene rings is 1. The Kier molecular flexibility index (Phi) is 5.16. The molecule has 1 unspecified atom stereocenters. The molecular weight excluding hydrogens is 230 g/mol. The topological polar surface area (TPSA) is 47.6 Å². The van der Waals surface area contributed by atoms with Gasteiger partial charge in [0.05, 0.1) is 13.7 Å². The van der Waals surface area contributed by atoms with E-state index in [1.54, 1.807) is 7.11 Å². The fourth-order valence-electron chi connectivity index (χ4n) is 1.88. The molecule has 1 aromatic carbocycles. The molecule has 0 aliphatic rings. The second kappa shape index (κ2) is 6.40. The van der Waals surface area contributed by atoms with Crippen LogP contribution in [0.4, 0.5) is 5.69 Å². The van der Waals surface area contributed by atoms with Gasteiger partial charge in [-0.3, -0.25) is 0 Å².